The van der Waals surface area contributed by atoms with E-state index in [-0.39, 0.29) is 30.0 Å². The van der Waals surface area contributed by atoms with E-state index in [2.05, 4.69) is 5.32 Å². The van der Waals surface area contributed by atoms with Crippen LogP contribution in [0.2, 0.25) is 0 Å². The van der Waals surface area contributed by atoms with Crippen molar-refractivity contribution in [2.75, 3.05) is 26.1 Å². The number of phenols is 2. The summed E-state index contributed by atoms with van der Waals surface area (Å²) in [4.78, 5) is 0. The molecule has 3 unspecified atom stereocenters. The van der Waals surface area contributed by atoms with Gasteiger partial charge in [0.25, 0.3) is 0 Å². The van der Waals surface area contributed by atoms with Crippen molar-refractivity contribution in [2.24, 2.45) is 0 Å². The van der Waals surface area contributed by atoms with Crippen LogP contribution in [0.3, 0.4) is 0 Å². The number of phenolic OH excluding ortho intramolecular Hbond substituents is 2. The van der Waals surface area contributed by atoms with Crippen molar-refractivity contribution in [1.29, 1.82) is 0 Å². The second kappa shape index (κ2) is 9.38. The number of nitrogens with one attached hydrogen (secondary N) is 1. The van der Waals surface area contributed by atoms with Crippen LogP contribution in [0, 0.1) is 0 Å². The van der Waals surface area contributed by atoms with Gasteiger partial charge >= 0.3 is 0 Å². The van der Waals surface area contributed by atoms with E-state index in [1.807, 2.05) is 6.07 Å². The van der Waals surface area contributed by atoms with Crippen LogP contribution in [-0.4, -0.2) is 47.4 Å². The maximum Gasteiger partial charge on any atom is 0.200 e. The van der Waals surface area contributed by atoms with Crippen LogP contribution in [0.5, 0.6) is 34.5 Å². The number of hydrogen-bond acceptors (Lipinski definition) is 9. The molecule has 3 atom stereocenters. The van der Waals surface area contributed by atoms with Crippen molar-refractivity contribution in [3.8, 4) is 45.6 Å². The topological polar surface area (TPSA) is 130 Å². The Morgan fingerprint density at radius 2 is 1.57 bits per heavy atom. The minimum absolute atomic E-state index is 0.0422. The highest BCUT2D eigenvalue weighted by Gasteiger charge is 2.41. The third-order valence-corrected chi connectivity index (χ3v) is 8.91. The third-order valence-electron chi connectivity index (χ3n) is 8.91. The van der Waals surface area contributed by atoms with Gasteiger partial charge in [0.1, 0.15) is 17.2 Å². The molecule has 1 fully saturated rings. The second-order valence-electron chi connectivity index (χ2n) is 11.1. The Morgan fingerprint density at radius 3 is 2.33 bits per heavy atom. The summed E-state index contributed by atoms with van der Waals surface area (Å²) in [7, 11) is 3.06. The van der Waals surface area contributed by atoms with E-state index in [4.69, 9.17) is 18.9 Å². The van der Waals surface area contributed by atoms with Gasteiger partial charge < -0.3 is 44.7 Å². The molecule has 3 aromatic rings. The minimum atomic E-state index is -1.10. The summed E-state index contributed by atoms with van der Waals surface area (Å²) < 4.78 is 23.5. The number of benzene rings is 3. The molecule has 9 nitrogen and oxygen atoms in total. The molecular weight excluding hydrogens is 514 g/mol. The van der Waals surface area contributed by atoms with E-state index in [0.29, 0.717) is 46.9 Å². The molecule has 40 heavy (non-hydrogen) atoms. The van der Waals surface area contributed by atoms with Crippen LogP contribution in [-0.2, 0) is 12.8 Å². The smallest absolute Gasteiger partial charge is 0.200 e. The van der Waals surface area contributed by atoms with Gasteiger partial charge in [0, 0.05) is 46.0 Å². The second-order valence-corrected chi connectivity index (χ2v) is 11.1. The highest BCUT2D eigenvalue weighted by molar-refractivity contribution is 5.93. The van der Waals surface area contributed by atoms with Crippen LogP contribution < -0.4 is 24.3 Å². The average Bonchev–Trinajstić information content (AvgIpc) is 3.46. The Kier molecular flexibility index (Phi) is 5.90. The number of fused-ring (bicyclic) bond motifs is 2. The van der Waals surface area contributed by atoms with Crippen LogP contribution in [0.1, 0.15) is 71.8 Å². The molecule has 4 aliphatic rings. The predicted molar refractivity (Wildman–Crippen MR) is 147 cm³/mol. The summed E-state index contributed by atoms with van der Waals surface area (Å²) in [6.07, 6.45) is 3.35. The molecule has 0 amide bonds. The van der Waals surface area contributed by atoms with Gasteiger partial charge in [-0.05, 0) is 61.8 Å². The van der Waals surface area contributed by atoms with Crippen molar-refractivity contribution >= 4 is 5.69 Å². The minimum Gasteiger partial charge on any atom is -0.507 e. The highest BCUT2D eigenvalue weighted by Crippen LogP contribution is 2.57. The largest absolute Gasteiger partial charge is 0.507 e. The van der Waals surface area contributed by atoms with E-state index in [1.165, 1.54) is 7.11 Å². The Morgan fingerprint density at radius 1 is 0.850 bits per heavy atom. The zero-order valence-corrected chi connectivity index (χ0v) is 22.5. The number of aliphatic hydroxyl groups excluding tert-OH is 2. The molecule has 0 radical (unpaired) electrons. The first-order valence-electron chi connectivity index (χ1n) is 13.9. The lowest BCUT2D eigenvalue weighted by Crippen LogP contribution is -2.29. The molecule has 0 aromatic heterocycles. The van der Waals surface area contributed by atoms with Crippen molar-refractivity contribution < 1.29 is 39.4 Å². The fourth-order valence-electron chi connectivity index (χ4n) is 6.99. The SMILES string of the molecule is COc1cc(C2COc3cc4c5c(c3C2O)CCc2c(OC)cc(O)c(c2-5)C(O)N4)cc(OC2CCCC2)c1O. The lowest BCUT2D eigenvalue weighted by atomic mass is 9.74. The van der Waals surface area contributed by atoms with Crippen molar-refractivity contribution in [3.63, 3.8) is 0 Å². The number of aromatic hydroxyl groups is 2. The fourth-order valence-corrected chi connectivity index (χ4v) is 6.99. The predicted octanol–water partition coefficient (Wildman–Crippen LogP) is 4.83. The quantitative estimate of drug-likeness (QED) is 0.305. The molecule has 9 heteroatoms. The van der Waals surface area contributed by atoms with E-state index in [1.54, 1.807) is 25.3 Å². The van der Waals surface area contributed by atoms with Gasteiger partial charge in [-0.15, -0.1) is 0 Å². The Balaban J connectivity index is 1.34. The number of ether oxygens (including phenoxy) is 4. The highest BCUT2D eigenvalue weighted by atomic mass is 16.5. The van der Waals surface area contributed by atoms with Gasteiger partial charge in [0.15, 0.2) is 17.7 Å². The molecule has 2 aliphatic heterocycles. The molecule has 0 saturated heterocycles. The van der Waals surface area contributed by atoms with Crippen molar-refractivity contribution in [2.45, 2.75) is 62.9 Å². The van der Waals surface area contributed by atoms with Gasteiger partial charge in [-0.3, -0.25) is 0 Å². The molecule has 5 N–H and O–H groups in total. The number of aliphatic hydroxyl groups is 2. The normalized spacial score (nSPS) is 22.6. The number of rotatable bonds is 5. The molecule has 0 bridgehead atoms. The first-order valence-corrected chi connectivity index (χ1v) is 13.9. The number of hydrogen-bond donors (Lipinski definition) is 5. The maximum absolute atomic E-state index is 11.9. The lowest BCUT2D eigenvalue weighted by molar-refractivity contribution is 0.0876. The molecule has 0 spiro atoms. The van der Waals surface area contributed by atoms with Crippen molar-refractivity contribution in [1.82, 2.24) is 0 Å². The molecule has 210 valence electrons. The van der Waals surface area contributed by atoms with E-state index in [0.717, 1.165) is 53.5 Å². The zero-order valence-electron chi connectivity index (χ0n) is 22.5. The van der Waals surface area contributed by atoms with Gasteiger partial charge in [-0.25, -0.2) is 0 Å². The standard InChI is InChI=1S/C31H33NO8/c1-37-21-12-20(33)28-27-16(21)7-8-17-25(27)19(32-31(28)36)11-22-26(17)29(34)18(13-39-22)14-9-23(38-2)30(35)24(10-14)40-15-5-3-4-6-15/h9-12,15,18,29,31-36H,3-8,13H2,1-2H3. The fraction of sp³-hybridized carbons (Fsp3) is 0.419. The van der Waals surface area contributed by atoms with Gasteiger partial charge in [-0.1, -0.05) is 0 Å². The van der Waals surface area contributed by atoms with Crippen LogP contribution in [0.25, 0.3) is 11.1 Å². The monoisotopic (exact) mass is 547 g/mol. The average molecular weight is 548 g/mol. The Bertz CT molecular complexity index is 1510. The summed E-state index contributed by atoms with van der Waals surface area (Å²) in [5, 5.41) is 47.5. The molecule has 2 heterocycles. The van der Waals surface area contributed by atoms with E-state index in [9.17, 15) is 20.4 Å². The van der Waals surface area contributed by atoms with Crippen LogP contribution in [0.15, 0.2) is 24.3 Å². The molecule has 2 aliphatic carbocycles. The molecule has 1 saturated carbocycles. The van der Waals surface area contributed by atoms with Crippen LogP contribution >= 0.6 is 0 Å². The summed E-state index contributed by atoms with van der Waals surface area (Å²) in [6, 6.07) is 6.89. The summed E-state index contributed by atoms with van der Waals surface area (Å²) >= 11 is 0. The Hall–Kier alpha value is -3.82. The molecule has 3 aromatic carbocycles. The maximum atomic E-state index is 11.9. The summed E-state index contributed by atoms with van der Waals surface area (Å²) in [5.74, 6) is 1.23. The van der Waals surface area contributed by atoms with E-state index >= 15 is 0 Å². The van der Waals surface area contributed by atoms with E-state index < -0.39 is 18.2 Å². The van der Waals surface area contributed by atoms with Gasteiger partial charge in [0.2, 0.25) is 5.75 Å². The first kappa shape index (κ1) is 25.2. The molecule has 7 rings (SSSR count). The van der Waals surface area contributed by atoms with Gasteiger partial charge in [0.05, 0.1) is 38.6 Å². The van der Waals surface area contributed by atoms with Crippen molar-refractivity contribution in [3.05, 3.63) is 52.1 Å². The molecular formula is C31H33NO8. The summed E-state index contributed by atoms with van der Waals surface area (Å²) in [6.45, 7) is 0.211. The Labute approximate surface area is 231 Å². The third kappa shape index (κ3) is 3.68. The van der Waals surface area contributed by atoms with Crippen LogP contribution in [0.4, 0.5) is 5.69 Å². The number of methoxy groups -OCH3 is 2. The lowest BCUT2D eigenvalue weighted by Gasteiger charge is -2.39. The van der Waals surface area contributed by atoms with Gasteiger partial charge in [-0.2, -0.15) is 0 Å². The number of anilines is 1. The zero-order chi connectivity index (χ0) is 27.7. The summed E-state index contributed by atoms with van der Waals surface area (Å²) in [5.41, 5.74) is 5.95. The first-order chi connectivity index (χ1) is 19.4.